The molecule has 0 bridgehead atoms. The van der Waals surface area contributed by atoms with Crippen molar-refractivity contribution in [3.8, 4) is 0 Å². The second-order valence-corrected chi connectivity index (χ2v) is 5.55. The van der Waals surface area contributed by atoms with E-state index in [-0.39, 0.29) is 0 Å². The third kappa shape index (κ3) is 3.34. The van der Waals surface area contributed by atoms with E-state index in [9.17, 15) is 0 Å². The molecule has 3 rings (SSSR count). The second-order valence-electron chi connectivity index (χ2n) is 5.55. The normalized spacial score (nSPS) is 17.2. The first kappa shape index (κ1) is 14.3. The van der Waals surface area contributed by atoms with Gasteiger partial charge in [-0.25, -0.2) is 0 Å². The Balaban J connectivity index is 1.87. The van der Waals surface area contributed by atoms with E-state index in [2.05, 4.69) is 83.9 Å². The maximum absolute atomic E-state index is 2.60. The number of rotatable bonds is 4. The Morgan fingerprint density at radius 2 is 1.24 bits per heavy atom. The molecule has 1 aliphatic rings. The highest BCUT2D eigenvalue weighted by molar-refractivity contribution is 5.31. The van der Waals surface area contributed by atoms with E-state index in [4.69, 9.17) is 0 Å². The summed E-state index contributed by atoms with van der Waals surface area (Å²) in [4.78, 5) is 5.01. The van der Waals surface area contributed by atoms with Gasteiger partial charge < -0.3 is 0 Å². The van der Waals surface area contributed by atoms with Crippen LogP contribution in [0.15, 0.2) is 60.7 Å². The third-order valence-electron chi connectivity index (χ3n) is 4.31. The molecule has 0 aromatic heterocycles. The highest BCUT2D eigenvalue weighted by Gasteiger charge is 2.25. The first-order chi connectivity index (χ1) is 10.4. The van der Waals surface area contributed by atoms with E-state index in [0.717, 1.165) is 26.2 Å². The molecule has 0 saturated carbocycles. The number of nitrogens with zero attached hydrogens (tertiary/aromatic N) is 2. The van der Waals surface area contributed by atoms with E-state index in [1.165, 1.54) is 11.1 Å². The Labute approximate surface area is 128 Å². The van der Waals surface area contributed by atoms with Crippen molar-refractivity contribution in [3.05, 3.63) is 78.3 Å². The molecule has 0 atom stereocenters. The molecule has 109 valence electrons. The van der Waals surface area contributed by atoms with Crippen LogP contribution < -0.4 is 0 Å². The lowest BCUT2D eigenvalue weighted by atomic mass is 9.96. The smallest absolute Gasteiger partial charge is 0.0602 e. The fourth-order valence-corrected chi connectivity index (χ4v) is 3.14. The summed E-state index contributed by atoms with van der Waals surface area (Å²) >= 11 is 0. The first-order valence-corrected chi connectivity index (χ1v) is 7.76. The van der Waals surface area contributed by atoms with Crippen molar-refractivity contribution < 1.29 is 0 Å². The summed E-state index contributed by atoms with van der Waals surface area (Å²) in [5.74, 6) is 0. The van der Waals surface area contributed by atoms with Gasteiger partial charge in [-0.2, -0.15) is 0 Å². The van der Waals surface area contributed by atoms with Crippen molar-refractivity contribution in [3.63, 3.8) is 0 Å². The number of benzene rings is 2. The topological polar surface area (TPSA) is 6.48 Å². The average Bonchev–Trinajstić information content (AvgIpc) is 2.58. The molecule has 0 N–H and O–H groups in total. The molecule has 1 aliphatic heterocycles. The average molecular weight is 279 g/mol. The molecule has 0 unspecified atom stereocenters. The van der Waals surface area contributed by atoms with Crippen molar-refractivity contribution in [2.45, 2.75) is 13.0 Å². The summed E-state index contributed by atoms with van der Waals surface area (Å²) in [6.45, 7) is 8.79. The molecule has 1 fully saturated rings. The van der Waals surface area contributed by atoms with E-state index < -0.39 is 0 Å². The monoisotopic (exact) mass is 279 g/mol. The van der Waals surface area contributed by atoms with Crippen LogP contribution in [0.3, 0.4) is 0 Å². The maximum Gasteiger partial charge on any atom is 0.0602 e. The zero-order valence-electron chi connectivity index (χ0n) is 12.7. The molecule has 1 heterocycles. The molecule has 21 heavy (non-hydrogen) atoms. The fraction of sp³-hybridized carbons (Fsp3) is 0.316. The highest BCUT2D eigenvalue weighted by Crippen LogP contribution is 2.29. The van der Waals surface area contributed by atoms with Crippen molar-refractivity contribution in [2.24, 2.45) is 0 Å². The molecule has 0 spiro atoms. The number of piperazine rings is 1. The Bertz CT molecular complexity index is 491. The fourth-order valence-electron chi connectivity index (χ4n) is 3.14. The van der Waals surface area contributed by atoms with E-state index >= 15 is 0 Å². The largest absolute Gasteiger partial charge is 0.297 e. The van der Waals surface area contributed by atoms with Crippen LogP contribution in [0.2, 0.25) is 0 Å². The van der Waals surface area contributed by atoms with Gasteiger partial charge in [0.25, 0.3) is 0 Å². The van der Waals surface area contributed by atoms with Gasteiger partial charge in [-0.1, -0.05) is 60.7 Å². The van der Waals surface area contributed by atoms with Gasteiger partial charge in [-0.3, -0.25) is 9.80 Å². The standard InChI is InChI=1S/C19H23N2/c1-2-20-13-15-21(16-14-20)19(17-9-5-3-6-10-17)18-11-7-4-8-12-18/h2-12,19H,13-16H2,1H3. The van der Waals surface area contributed by atoms with Gasteiger partial charge >= 0.3 is 0 Å². The zero-order valence-corrected chi connectivity index (χ0v) is 12.7. The summed E-state index contributed by atoms with van der Waals surface area (Å²) in [7, 11) is 0. The SMILES string of the molecule is C[CH]N1CCN(C(c2ccccc2)c2ccccc2)CC1. The van der Waals surface area contributed by atoms with Crippen molar-refractivity contribution in [1.82, 2.24) is 9.80 Å². The molecule has 2 nitrogen and oxygen atoms in total. The molecule has 2 aromatic carbocycles. The van der Waals surface area contributed by atoms with Crippen LogP contribution in [-0.2, 0) is 0 Å². The third-order valence-corrected chi connectivity index (χ3v) is 4.31. The lowest BCUT2D eigenvalue weighted by Crippen LogP contribution is -2.46. The predicted molar refractivity (Wildman–Crippen MR) is 87.8 cm³/mol. The quantitative estimate of drug-likeness (QED) is 0.844. The van der Waals surface area contributed by atoms with E-state index in [1.807, 2.05) is 0 Å². The minimum atomic E-state index is 0.367. The Hall–Kier alpha value is -1.64. The van der Waals surface area contributed by atoms with E-state index in [1.54, 1.807) is 0 Å². The zero-order chi connectivity index (χ0) is 14.5. The summed E-state index contributed by atoms with van der Waals surface area (Å²) in [5, 5.41) is 0. The minimum Gasteiger partial charge on any atom is -0.297 e. The van der Waals surface area contributed by atoms with Gasteiger partial charge in [0.15, 0.2) is 0 Å². The van der Waals surface area contributed by atoms with Gasteiger partial charge in [0.1, 0.15) is 0 Å². The van der Waals surface area contributed by atoms with E-state index in [0.29, 0.717) is 6.04 Å². The van der Waals surface area contributed by atoms with Crippen LogP contribution in [0.1, 0.15) is 24.1 Å². The molecule has 2 heteroatoms. The summed E-state index contributed by atoms with van der Waals surface area (Å²) in [5.41, 5.74) is 2.77. The summed E-state index contributed by atoms with van der Waals surface area (Å²) in [6.07, 6.45) is 0. The van der Waals surface area contributed by atoms with Gasteiger partial charge in [0.2, 0.25) is 0 Å². The lowest BCUT2D eigenvalue weighted by molar-refractivity contribution is 0.129. The Morgan fingerprint density at radius 1 is 0.762 bits per heavy atom. The van der Waals surface area contributed by atoms with Gasteiger partial charge in [0, 0.05) is 32.7 Å². The van der Waals surface area contributed by atoms with Crippen LogP contribution in [0.4, 0.5) is 0 Å². The van der Waals surface area contributed by atoms with Crippen LogP contribution in [0.5, 0.6) is 0 Å². The molecule has 1 saturated heterocycles. The maximum atomic E-state index is 2.60. The minimum absolute atomic E-state index is 0.367. The van der Waals surface area contributed by atoms with Gasteiger partial charge in [-0.15, -0.1) is 0 Å². The Kier molecular flexibility index (Phi) is 4.69. The highest BCUT2D eigenvalue weighted by atomic mass is 15.3. The van der Waals surface area contributed by atoms with Gasteiger partial charge in [-0.05, 0) is 18.1 Å². The van der Waals surface area contributed by atoms with Crippen LogP contribution in [0, 0.1) is 6.54 Å². The van der Waals surface area contributed by atoms with Gasteiger partial charge in [0.05, 0.1) is 6.04 Å². The molecule has 1 radical (unpaired) electrons. The van der Waals surface area contributed by atoms with Crippen LogP contribution >= 0.6 is 0 Å². The first-order valence-electron chi connectivity index (χ1n) is 7.76. The molecular formula is C19H23N2. The molecular weight excluding hydrogens is 256 g/mol. The number of hydrogen-bond acceptors (Lipinski definition) is 2. The summed E-state index contributed by atoms with van der Waals surface area (Å²) < 4.78 is 0. The summed E-state index contributed by atoms with van der Waals surface area (Å²) in [6, 6.07) is 22.1. The Morgan fingerprint density at radius 3 is 1.67 bits per heavy atom. The predicted octanol–water partition coefficient (Wildman–Crippen LogP) is 3.58. The van der Waals surface area contributed by atoms with Crippen LogP contribution in [-0.4, -0.2) is 36.0 Å². The molecule has 0 amide bonds. The number of hydrogen-bond donors (Lipinski definition) is 0. The molecule has 2 aromatic rings. The van der Waals surface area contributed by atoms with Crippen molar-refractivity contribution >= 4 is 0 Å². The second kappa shape index (κ2) is 6.88. The van der Waals surface area contributed by atoms with Crippen molar-refractivity contribution in [2.75, 3.05) is 26.2 Å². The van der Waals surface area contributed by atoms with Crippen LogP contribution in [0.25, 0.3) is 0 Å². The van der Waals surface area contributed by atoms with Crippen molar-refractivity contribution in [1.29, 1.82) is 0 Å². The molecule has 0 aliphatic carbocycles. The lowest BCUT2D eigenvalue weighted by Gasteiger charge is -2.39.